The first-order valence-electron chi connectivity index (χ1n) is 6.21. The Morgan fingerprint density at radius 2 is 1.68 bits per heavy atom. The molecule has 0 fully saturated rings. The van der Waals surface area contributed by atoms with Gasteiger partial charge in [-0.05, 0) is 41.9 Å². The molecule has 1 atom stereocenters. The molecule has 1 N–H and O–H groups in total. The first kappa shape index (κ1) is 12.7. The van der Waals surface area contributed by atoms with Gasteiger partial charge in [0.15, 0.2) is 0 Å². The molecule has 0 aromatic carbocycles. The second-order valence-corrected chi connectivity index (χ2v) is 6.33. The van der Waals surface area contributed by atoms with Crippen LogP contribution in [0.25, 0.3) is 0 Å². The minimum absolute atomic E-state index is 0.184. The van der Waals surface area contributed by atoms with E-state index in [9.17, 15) is 0 Å². The van der Waals surface area contributed by atoms with Crippen molar-refractivity contribution in [1.29, 1.82) is 0 Å². The fraction of sp³-hybridized carbons (Fsp3) is 0.200. The lowest BCUT2D eigenvalue weighted by molar-refractivity contribution is 0.415. The molecule has 0 unspecified atom stereocenters. The number of hydrogen-bond acceptors (Lipinski definition) is 4. The van der Waals surface area contributed by atoms with Gasteiger partial charge in [0.2, 0.25) is 0 Å². The normalized spacial score (nSPS) is 12.9. The average molecular weight is 289 g/mol. The summed E-state index contributed by atoms with van der Waals surface area (Å²) in [6.07, 6.45) is 1.72. The minimum atomic E-state index is 0.184. The Morgan fingerprint density at radius 1 is 1.00 bits per heavy atom. The van der Waals surface area contributed by atoms with Crippen LogP contribution in [0.4, 0.5) is 0 Å². The Bertz CT molecular complexity index is 550. The van der Waals surface area contributed by atoms with Gasteiger partial charge in [-0.15, -0.1) is 22.7 Å². The van der Waals surface area contributed by atoms with Gasteiger partial charge in [-0.2, -0.15) is 0 Å². The van der Waals surface area contributed by atoms with Gasteiger partial charge in [0.1, 0.15) is 5.76 Å². The Balaban J connectivity index is 1.84. The Morgan fingerprint density at radius 3 is 2.16 bits per heavy atom. The van der Waals surface area contributed by atoms with Crippen LogP contribution < -0.4 is 5.32 Å². The molecule has 0 bridgehead atoms. The maximum absolute atomic E-state index is 5.48. The largest absolute Gasteiger partial charge is 0.468 e. The Kier molecular flexibility index (Phi) is 3.82. The summed E-state index contributed by atoms with van der Waals surface area (Å²) in [6, 6.07) is 12.9. The smallest absolute Gasteiger partial charge is 0.120 e. The Labute approximate surface area is 120 Å². The summed E-state index contributed by atoms with van der Waals surface area (Å²) < 4.78 is 5.48. The van der Waals surface area contributed by atoms with Crippen LogP contribution in [0.5, 0.6) is 0 Å². The van der Waals surface area contributed by atoms with Crippen molar-refractivity contribution in [3.8, 4) is 0 Å². The molecule has 98 valence electrons. The van der Waals surface area contributed by atoms with Crippen LogP contribution >= 0.6 is 22.7 Å². The number of thiophene rings is 2. The van der Waals surface area contributed by atoms with E-state index in [0.717, 1.165) is 5.76 Å². The van der Waals surface area contributed by atoms with Crippen molar-refractivity contribution < 1.29 is 4.42 Å². The highest BCUT2D eigenvalue weighted by Gasteiger charge is 2.20. The average Bonchev–Trinajstić information content (AvgIpc) is 3.17. The molecule has 3 heterocycles. The monoisotopic (exact) mass is 289 g/mol. The molecule has 0 amide bonds. The third-order valence-corrected chi connectivity index (χ3v) is 4.92. The minimum Gasteiger partial charge on any atom is -0.468 e. The number of nitrogens with one attached hydrogen (secondary N) is 1. The molecule has 19 heavy (non-hydrogen) atoms. The highest BCUT2D eigenvalue weighted by atomic mass is 32.1. The molecule has 0 aliphatic heterocycles. The third-order valence-electron chi connectivity index (χ3n) is 3.04. The van der Waals surface area contributed by atoms with Crippen LogP contribution in [0.1, 0.15) is 34.5 Å². The molecule has 0 saturated carbocycles. The molecule has 0 aliphatic rings. The first-order valence-corrected chi connectivity index (χ1v) is 7.97. The Hall–Kier alpha value is -1.36. The van der Waals surface area contributed by atoms with E-state index in [-0.39, 0.29) is 12.1 Å². The van der Waals surface area contributed by atoms with E-state index >= 15 is 0 Å². The number of hydrogen-bond donors (Lipinski definition) is 1. The summed E-state index contributed by atoms with van der Waals surface area (Å²) in [6.45, 7) is 2.13. The summed E-state index contributed by atoms with van der Waals surface area (Å²) >= 11 is 3.56. The molecule has 3 aromatic rings. The zero-order valence-electron chi connectivity index (χ0n) is 10.6. The van der Waals surface area contributed by atoms with Gasteiger partial charge in [-0.3, -0.25) is 5.32 Å². The molecule has 0 radical (unpaired) electrons. The highest BCUT2D eigenvalue weighted by Crippen LogP contribution is 2.31. The van der Waals surface area contributed by atoms with E-state index < -0.39 is 0 Å². The third kappa shape index (κ3) is 2.81. The maximum Gasteiger partial charge on any atom is 0.120 e. The number of furan rings is 1. The van der Waals surface area contributed by atoms with E-state index in [0.29, 0.717) is 0 Å². The zero-order valence-corrected chi connectivity index (χ0v) is 12.2. The van der Waals surface area contributed by atoms with Gasteiger partial charge in [0.05, 0.1) is 18.3 Å². The van der Waals surface area contributed by atoms with Crippen molar-refractivity contribution in [3.05, 3.63) is 68.9 Å². The van der Waals surface area contributed by atoms with Gasteiger partial charge >= 0.3 is 0 Å². The van der Waals surface area contributed by atoms with Crippen molar-refractivity contribution in [3.63, 3.8) is 0 Å². The highest BCUT2D eigenvalue weighted by molar-refractivity contribution is 7.11. The molecule has 4 heteroatoms. The molecule has 0 aliphatic carbocycles. The summed E-state index contributed by atoms with van der Waals surface area (Å²) in [5.41, 5.74) is 0. The quantitative estimate of drug-likeness (QED) is 0.727. The van der Waals surface area contributed by atoms with Gasteiger partial charge in [-0.25, -0.2) is 0 Å². The van der Waals surface area contributed by atoms with E-state index in [1.54, 1.807) is 28.9 Å². The predicted octanol–water partition coefficient (Wildman–Crippen LogP) is 4.84. The zero-order chi connectivity index (χ0) is 13.1. The number of rotatable bonds is 5. The van der Waals surface area contributed by atoms with Crippen molar-refractivity contribution in [1.82, 2.24) is 5.32 Å². The van der Waals surface area contributed by atoms with Crippen LogP contribution in [-0.4, -0.2) is 0 Å². The second kappa shape index (κ2) is 5.74. The molecule has 0 saturated heterocycles. The molecule has 2 nitrogen and oxygen atoms in total. The van der Waals surface area contributed by atoms with Crippen molar-refractivity contribution in [2.75, 3.05) is 0 Å². The molecule has 3 aromatic heterocycles. The van der Waals surface area contributed by atoms with Crippen LogP contribution in [0, 0.1) is 0 Å². The van der Waals surface area contributed by atoms with E-state index in [1.807, 2.05) is 12.1 Å². The standard InChI is InChI=1S/C15H15NOS2/c1-11(12-5-2-8-17-12)16-15(13-6-3-9-18-13)14-7-4-10-19-14/h2-11,15-16H,1H3/t11-/m0/s1. The van der Waals surface area contributed by atoms with Gasteiger partial charge in [-0.1, -0.05) is 12.1 Å². The van der Waals surface area contributed by atoms with Crippen molar-refractivity contribution in [2.24, 2.45) is 0 Å². The summed E-state index contributed by atoms with van der Waals surface area (Å²) in [5, 5.41) is 7.89. The molecular formula is C15H15NOS2. The lowest BCUT2D eigenvalue weighted by Crippen LogP contribution is -2.24. The SMILES string of the molecule is C[C@H](NC(c1cccs1)c1cccs1)c1ccco1. The topological polar surface area (TPSA) is 25.2 Å². The van der Waals surface area contributed by atoms with Gasteiger partial charge < -0.3 is 4.42 Å². The van der Waals surface area contributed by atoms with E-state index in [4.69, 9.17) is 4.42 Å². The van der Waals surface area contributed by atoms with E-state index in [2.05, 4.69) is 47.3 Å². The van der Waals surface area contributed by atoms with Crippen LogP contribution in [0.2, 0.25) is 0 Å². The summed E-state index contributed by atoms with van der Waals surface area (Å²) in [4.78, 5) is 2.67. The molecular weight excluding hydrogens is 274 g/mol. The first-order chi connectivity index (χ1) is 9.34. The lowest BCUT2D eigenvalue weighted by atomic mass is 10.1. The fourth-order valence-electron chi connectivity index (χ4n) is 2.09. The second-order valence-electron chi connectivity index (χ2n) is 4.37. The maximum atomic E-state index is 5.48. The lowest BCUT2D eigenvalue weighted by Gasteiger charge is -2.20. The fourth-order valence-corrected chi connectivity index (χ4v) is 3.76. The van der Waals surface area contributed by atoms with Crippen LogP contribution in [0.3, 0.4) is 0 Å². The van der Waals surface area contributed by atoms with Crippen molar-refractivity contribution >= 4 is 22.7 Å². The summed E-state index contributed by atoms with van der Waals surface area (Å²) in [7, 11) is 0. The van der Waals surface area contributed by atoms with Crippen LogP contribution in [-0.2, 0) is 0 Å². The summed E-state index contributed by atoms with van der Waals surface area (Å²) in [5.74, 6) is 0.970. The molecule has 0 spiro atoms. The van der Waals surface area contributed by atoms with Gasteiger partial charge in [0.25, 0.3) is 0 Å². The predicted molar refractivity (Wildman–Crippen MR) is 80.7 cm³/mol. The van der Waals surface area contributed by atoms with E-state index in [1.165, 1.54) is 9.75 Å². The van der Waals surface area contributed by atoms with Crippen LogP contribution in [0.15, 0.2) is 57.8 Å². The molecule has 3 rings (SSSR count). The van der Waals surface area contributed by atoms with Gasteiger partial charge in [0, 0.05) is 9.75 Å². The van der Waals surface area contributed by atoms with Crippen molar-refractivity contribution in [2.45, 2.75) is 19.0 Å².